The second-order valence-corrected chi connectivity index (χ2v) is 9.95. The highest BCUT2D eigenvalue weighted by Crippen LogP contribution is 2.36. The van der Waals surface area contributed by atoms with Gasteiger partial charge in [0.25, 0.3) is 5.22 Å². The highest BCUT2D eigenvalue weighted by molar-refractivity contribution is 7.98. The van der Waals surface area contributed by atoms with E-state index in [0.717, 1.165) is 36.3 Å². The van der Waals surface area contributed by atoms with Crippen molar-refractivity contribution in [1.29, 1.82) is 0 Å². The predicted molar refractivity (Wildman–Crippen MR) is 121 cm³/mol. The number of rotatable bonds is 8. The number of benzene rings is 2. The number of fused-ring (bicyclic) bond motifs is 2. The molecule has 0 saturated carbocycles. The number of unbranched alkanes of at least 4 members (excludes halogenated alkanes) is 1. The van der Waals surface area contributed by atoms with Crippen LogP contribution in [0.5, 0.6) is 11.5 Å². The standard InChI is InChI=1S/C21H21N5O5S2/c1-2-3-8-26-16-6-5-14(33(22,27)28)10-15(16)23-19(26)11-32-21-25-24-20(31-21)13-4-7-17-18(9-13)30-12-29-17/h4-7,9-10H,2-3,8,11-12H2,1H3,(H2,22,27,28). The second kappa shape index (κ2) is 8.69. The maximum atomic E-state index is 11.7. The number of sulfonamides is 1. The Morgan fingerprint density at radius 3 is 2.79 bits per heavy atom. The van der Waals surface area contributed by atoms with Crippen LogP contribution >= 0.6 is 11.8 Å². The van der Waals surface area contributed by atoms with Gasteiger partial charge in [-0.3, -0.25) is 0 Å². The molecule has 0 saturated heterocycles. The third-order valence-corrected chi connectivity index (χ3v) is 6.94. The summed E-state index contributed by atoms with van der Waals surface area (Å²) in [5.74, 6) is 2.98. The van der Waals surface area contributed by atoms with Crippen molar-refractivity contribution in [2.75, 3.05) is 6.79 Å². The predicted octanol–water partition coefficient (Wildman–Crippen LogP) is 3.55. The van der Waals surface area contributed by atoms with E-state index in [9.17, 15) is 8.42 Å². The lowest BCUT2D eigenvalue weighted by molar-refractivity contribution is 0.174. The van der Waals surface area contributed by atoms with Gasteiger partial charge in [0, 0.05) is 12.1 Å². The molecule has 0 atom stereocenters. The van der Waals surface area contributed by atoms with Crippen molar-refractivity contribution < 1.29 is 22.3 Å². The summed E-state index contributed by atoms with van der Waals surface area (Å²) < 4.78 is 42.1. The molecule has 0 spiro atoms. The largest absolute Gasteiger partial charge is 0.454 e. The van der Waals surface area contributed by atoms with Crippen molar-refractivity contribution in [2.24, 2.45) is 5.14 Å². The number of primary sulfonamides is 1. The SMILES string of the molecule is CCCCn1c(CSc2nnc(-c3ccc4c(c3)OCO4)o2)nc2cc(S(N)(=O)=O)ccc21. The Kier molecular flexibility index (Phi) is 5.72. The Morgan fingerprint density at radius 2 is 1.97 bits per heavy atom. The second-order valence-electron chi connectivity index (χ2n) is 7.46. The van der Waals surface area contributed by atoms with Crippen molar-refractivity contribution in [1.82, 2.24) is 19.7 Å². The van der Waals surface area contributed by atoms with Crippen molar-refractivity contribution in [2.45, 2.75) is 42.2 Å². The zero-order chi connectivity index (χ0) is 23.0. The topological polar surface area (TPSA) is 135 Å². The molecule has 2 N–H and O–H groups in total. The quantitative estimate of drug-likeness (QED) is 0.370. The molecule has 1 aliphatic heterocycles. The van der Waals surface area contributed by atoms with E-state index < -0.39 is 10.0 Å². The number of nitrogens with zero attached hydrogens (tertiary/aromatic N) is 4. The smallest absolute Gasteiger partial charge is 0.277 e. The Hall–Kier alpha value is -3.09. The molecule has 172 valence electrons. The van der Waals surface area contributed by atoms with E-state index in [1.54, 1.807) is 18.2 Å². The van der Waals surface area contributed by atoms with Crippen LogP contribution in [0.1, 0.15) is 25.6 Å². The van der Waals surface area contributed by atoms with Gasteiger partial charge >= 0.3 is 0 Å². The molecule has 2 aromatic carbocycles. The molecule has 10 nitrogen and oxygen atoms in total. The molecule has 3 heterocycles. The van der Waals surface area contributed by atoms with Crippen LogP contribution in [0.25, 0.3) is 22.5 Å². The van der Waals surface area contributed by atoms with Gasteiger partial charge in [0.2, 0.25) is 22.7 Å². The molecule has 0 amide bonds. The number of thioether (sulfide) groups is 1. The summed E-state index contributed by atoms with van der Waals surface area (Å²) in [5, 5.41) is 14.0. The van der Waals surface area contributed by atoms with E-state index in [1.165, 1.54) is 23.9 Å². The molecule has 1 aliphatic rings. The molecule has 2 aromatic heterocycles. The van der Waals surface area contributed by atoms with Crippen LogP contribution < -0.4 is 14.6 Å². The average Bonchev–Trinajstić information content (AvgIpc) is 3.52. The minimum atomic E-state index is -3.80. The van der Waals surface area contributed by atoms with Crippen LogP contribution in [-0.4, -0.2) is 35.0 Å². The molecule has 12 heteroatoms. The van der Waals surface area contributed by atoms with Gasteiger partial charge in [0.15, 0.2) is 11.5 Å². The lowest BCUT2D eigenvalue weighted by Crippen LogP contribution is -2.11. The summed E-state index contributed by atoms with van der Waals surface area (Å²) >= 11 is 1.36. The first-order valence-electron chi connectivity index (χ1n) is 10.3. The molecule has 0 fully saturated rings. The highest BCUT2D eigenvalue weighted by atomic mass is 32.2. The molecule has 0 aliphatic carbocycles. The first-order chi connectivity index (χ1) is 15.9. The van der Waals surface area contributed by atoms with Crippen molar-refractivity contribution >= 4 is 32.8 Å². The summed E-state index contributed by atoms with van der Waals surface area (Å²) in [6.07, 6.45) is 1.99. The van der Waals surface area contributed by atoms with Gasteiger partial charge in [0.1, 0.15) is 5.82 Å². The zero-order valence-electron chi connectivity index (χ0n) is 17.7. The van der Waals surface area contributed by atoms with Gasteiger partial charge < -0.3 is 18.5 Å². The number of imidazole rings is 1. The van der Waals surface area contributed by atoms with Crippen LogP contribution in [0.4, 0.5) is 0 Å². The van der Waals surface area contributed by atoms with E-state index in [1.807, 2.05) is 6.07 Å². The van der Waals surface area contributed by atoms with Crippen LogP contribution in [-0.2, 0) is 22.3 Å². The molecule has 33 heavy (non-hydrogen) atoms. The number of aryl methyl sites for hydroxylation is 1. The molecule has 5 rings (SSSR count). The van der Waals surface area contributed by atoms with Crippen LogP contribution in [0.2, 0.25) is 0 Å². The van der Waals surface area contributed by atoms with Gasteiger partial charge in [-0.05, 0) is 42.8 Å². The first-order valence-corrected chi connectivity index (χ1v) is 12.8. The number of hydrogen-bond donors (Lipinski definition) is 1. The van der Waals surface area contributed by atoms with E-state index in [0.29, 0.717) is 33.9 Å². The average molecular weight is 488 g/mol. The van der Waals surface area contributed by atoms with Crippen molar-refractivity contribution in [3.05, 3.63) is 42.2 Å². The van der Waals surface area contributed by atoms with Crippen molar-refractivity contribution in [3.63, 3.8) is 0 Å². The molecule has 4 aromatic rings. The minimum Gasteiger partial charge on any atom is -0.454 e. The lowest BCUT2D eigenvalue weighted by Gasteiger charge is -2.07. The normalized spacial score (nSPS) is 13.2. The van der Waals surface area contributed by atoms with Crippen LogP contribution in [0, 0.1) is 0 Å². The zero-order valence-corrected chi connectivity index (χ0v) is 19.4. The summed E-state index contributed by atoms with van der Waals surface area (Å²) in [6, 6.07) is 10.2. The maximum absolute atomic E-state index is 11.7. The van der Waals surface area contributed by atoms with Gasteiger partial charge in [-0.1, -0.05) is 25.1 Å². The minimum absolute atomic E-state index is 0.0413. The van der Waals surface area contributed by atoms with Crippen molar-refractivity contribution in [3.8, 4) is 23.0 Å². The van der Waals surface area contributed by atoms with Crippen LogP contribution in [0.15, 0.2) is 50.9 Å². The van der Waals surface area contributed by atoms with Gasteiger partial charge in [-0.2, -0.15) is 0 Å². The van der Waals surface area contributed by atoms with E-state index in [-0.39, 0.29) is 11.7 Å². The number of aromatic nitrogens is 4. The number of hydrogen-bond acceptors (Lipinski definition) is 9. The fraction of sp³-hybridized carbons (Fsp3) is 0.286. The van der Waals surface area contributed by atoms with Gasteiger partial charge in [0.05, 0.1) is 21.7 Å². The monoisotopic (exact) mass is 487 g/mol. The fourth-order valence-electron chi connectivity index (χ4n) is 3.55. The van der Waals surface area contributed by atoms with Crippen LogP contribution in [0.3, 0.4) is 0 Å². The Morgan fingerprint density at radius 1 is 1.12 bits per heavy atom. The van der Waals surface area contributed by atoms with E-state index >= 15 is 0 Å². The van der Waals surface area contributed by atoms with E-state index in [2.05, 4.69) is 26.7 Å². The third kappa shape index (κ3) is 4.41. The Labute approximate surface area is 194 Å². The first kappa shape index (κ1) is 21.7. The third-order valence-electron chi connectivity index (χ3n) is 5.21. The fourth-order valence-corrected chi connectivity index (χ4v) is 4.80. The summed E-state index contributed by atoms with van der Waals surface area (Å²) in [6.45, 7) is 3.08. The lowest BCUT2D eigenvalue weighted by atomic mass is 10.2. The summed E-state index contributed by atoms with van der Waals surface area (Å²) in [5.41, 5.74) is 2.18. The Bertz CT molecular complexity index is 1430. The summed E-state index contributed by atoms with van der Waals surface area (Å²) in [7, 11) is -3.80. The molecular formula is C21H21N5O5S2. The maximum Gasteiger partial charge on any atom is 0.277 e. The Balaban J connectivity index is 1.38. The summed E-state index contributed by atoms with van der Waals surface area (Å²) in [4.78, 5) is 4.70. The molecule has 0 radical (unpaired) electrons. The highest BCUT2D eigenvalue weighted by Gasteiger charge is 2.18. The molecular weight excluding hydrogens is 466 g/mol. The molecule has 0 bridgehead atoms. The van der Waals surface area contributed by atoms with Gasteiger partial charge in [-0.25, -0.2) is 18.5 Å². The number of nitrogens with two attached hydrogens (primary N) is 1. The number of ether oxygens (including phenoxy) is 2. The van der Waals surface area contributed by atoms with E-state index in [4.69, 9.17) is 19.0 Å². The van der Waals surface area contributed by atoms with Gasteiger partial charge in [-0.15, -0.1) is 10.2 Å². The molecule has 0 unspecified atom stereocenters.